The molecule has 0 saturated carbocycles. The number of benzene rings is 1. The number of hydrogen-bond acceptors (Lipinski definition) is 4. The second-order valence-corrected chi connectivity index (χ2v) is 6.82. The van der Waals surface area contributed by atoms with Crippen LogP contribution in [-0.2, 0) is 13.1 Å². The molecule has 1 unspecified atom stereocenters. The SMILES string of the molecule is CC(NCc1ccccc1CN1CCC(O)CC1)c1cncc(F)c1. The van der Waals surface area contributed by atoms with Crippen molar-refractivity contribution in [2.75, 3.05) is 13.1 Å². The van der Waals surface area contributed by atoms with Crippen molar-refractivity contribution in [2.24, 2.45) is 0 Å². The maximum atomic E-state index is 13.3. The molecule has 1 aromatic carbocycles. The van der Waals surface area contributed by atoms with Crippen LogP contribution in [0.5, 0.6) is 0 Å². The van der Waals surface area contributed by atoms with Gasteiger partial charge in [-0.25, -0.2) is 4.39 Å². The number of pyridine rings is 1. The smallest absolute Gasteiger partial charge is 0.141 e. The fourth-order valence-electron chi connectivity index (χ4n) is 3.25. The van der Waals surface area contributed by atoms with Crippen LogP contribution in [0.3, 0.4) is 0 Å². The number of nitrogens with one attached hydrogen (secondary N) is 1. The molecular weight excluding hydrogens is 317 g/mol. The van der Waals surface area contributed by atoms with Crippen molar-refractivity contribution in [3.8, 4) is 0 Å². The molecule has 0 radical (unpaired) electrons. The quantitative estimate of drug-likeness (QED) is 0.846. The molecule has 0 aliphatic carbocycles. The molecular formula is C20H26FN3O. The zero-order valence-corrected chi connectivity index (χ0v) is 14.7. The summed E-state index contributed by atoms with van der Waals surface area (Å²) in [4.78, 5) is 6.31. The molecule has 134 valence electrons. The second kappa shape index (κ2) is 8.52. The van der Waals surface area contributed by atoms with Crippen molar-refractivity contribution < 1.29 is 9.50 Å². The molecule has 0 spiro atoms. The Morgan fingerprint density at radius 3 is 2.68 bits per heavy atom. The minimum Gasteiger partial charge on any atom is -0.393 e. The lowest BCUT2D eigenvalue weighted by Gasteiger charge is -2.30. The van der Waals surface area contributed by atoms with Crippen molar-refractivity contribution >= 4 is 0 Å². The first kappa shape index (κ1) is 18.0. The topological polar surface area (TPSA) is 48.4 Å². The number of aliphatic hydroxyl groups is 1. The molecule has 1 saturated heterocycles. The number of nitrogens with zero attached hydrogens (tertiary/aromatic N) is 2. The first-order valence-electron chi connectivity index (χ1n) is 8.93. The van der Waals surface area contributed by atoms with Crippen molar-refractivity contribution in [3.63, 3.8) is 0 Å². The highest BCUT2D eigenvalue weighted by atomic mass is 19.1. The molecule has 0 amide bonds. The molecule has 3 rings (SSSR count). The number of likely N-dealkylation sites (tertiary alicyclic amines) is 1. The standard InChI is InChI=1S/C20H26FN3O/c1-15(18-10-19(21)13-22-11-18)23-12-16-4-2-3-5-17(16)14-24-8-6-20(25)7-9-24/h2-5,10-11,13,15,20,23,25H,6-9,12,14H2,1H3. The lowest BCUT2D eigenvalue weighted by atomic mass is 10.0. The Morgan fingerprint density at radius 1 is 1.24 bits per heavy atom. The van der Waals surface area contributed by atoms with Crippen molar-refractivity contribution in [1.29, 1.82) is 0 Å². The van der Waals surface area contributed by atoms with Crippen molar-refractivity contribution in [3.05, 3.63) is 65.2 Å². The van der Waals surface area contributed by atoms with E-state index in [1.165, 1.54) is 23.4 Å². The highest BCUT2D eigenvalue weighted by Crippen LogP contribution is 2.18. The van der Waals surface area contributed by atoms with Crippen LogP contribution in [-0.4, -0.2) is 34.2 Å². The van der Waals surface area contributed by atoms with E-state index < -0.39 is 0 Å². The fraction of sp³-hybridized carbons (Fsp3) is 0.450. The Balaban J connectivity index is 1.61. The Bertz CT molecular complexity index is 686. The largest absolute Gasteiger partial charge is 0.393 e. The van der Waals surface area contributed by atoms with Gasteiger partial charge in [-0.1, -0.05) is 24.3 Å². The highest BCUT2D eigenvalue weighted by molar-refractivity contribution is 5.27. The average Bonchev–Trinajstić information content (AvgIpc) is 2.62. The van der Waals surface area contributed by atoms with Crippen molar-refractivity contribution in [1.82, 2.24) is 15.2 Å². The van der Waals surface area contributed by atoms with Gasteiger partial charge < -0.3 is 10.4 Å². The van der Waals surface area contributed by atoms with Gasteiger partial charge in [0.05, 0.1) is 12.3 Å². The van der Waals surface area contributed by atoms with Crippen LogP contribution in [0.1, 0.15) is 42.5 Å². The molecule has 1 aliphatic heterocycles. The molecule has 5 heteroatoms. The zero-order valence-electron chi connectivity index (χ0n) is 14.7. The minimum atomic E-state index is -0.307. The summed E-state index contributed by atoms with van der Waals surface area (Å²) in [6.07, 6.45) is 4.48. The van der Waals surface area contributed by atoms with E-state index in [1.54, 1.807) is 6.20 Å². The number of halogens is 1. The van der Waals surface area contributed by atoms with Crippen LogP contribution in [0.2, 0.25) is 0 Å². The van der Waals surface area contributed by atoms with Gasteiger partial charge in [-0.15, -0.1) is 0 Å². The number of hydrogen-bond donors (Lipinski definition) is 2. The average molecular weight is 343 g/mol. The summed E-state index contributed by atoms with van der Waals surface area (Å²) in [5, 5.41) is 13.1. The van der Waals surface area contributed by atoms with Crippen LogP contribution in [0.4, 0.5) is 4.39 Å². The third-order valence-electron chi connectivity index (χ3n) is 4.89. The van der Waals surface area contributed by atoms with Crippen LogP contribution in [0.25, 0.3) is 0 Å². The zero-order chi connectivity index (χ0) is 17.6. The minimum absolute atomic E-state index is 0.0291. The van der Waals surface area contributed by atoms with Gasteiger partial charge in [0.1, 0.15) is 5.82 Å². The summed E-state index contributed by atoms with van der Waals surface area (Å²) >= 11 is 0. The molecule has 1 fully saturated rings. The molecule has 1 aromatic heterocycles. The Morgan fingerprint density at radius 2 is 1.96 bits per heavy atom. The van der Waals surface area contributed by atoms with Gasteiger partial charge in [0.15, 0.2) is 0 Å². The monoisotopic (exact) mass is 343 g/mol. The summed E-state index contributed by atoms with van der Waals surface area (Å²) in [5.74, 6) is -0.307. The van der Waals surface area contributed by atoms with Gasteiger partial charge in [0.2, 0.25) is 0 Å². The lowest BCUT2D eigenvalue weighted by molar-refractivity contribution is 0.0791. The molecule has 4 nitrogen and oxygen atoms in total. The Hall–Kier alpha value is -1.82. The number of piperidine rings is 1. The Labute approximate surface area is 148 Å². The van der Waals surface area contributed by atoms with E-state index in [4.69, 9.17) is 0 Å². The normalized spacial score (nSPS) is 17.6. The fourth-order valence-corrected chi connectivity index (χ4v) is 3.25. The number of rotatable bonds is 6. The third-order valence-corrected chi connectivity index (χ3v) is 4.89. The number of aromatic nitrogens is 1. The van der Waals surface area contributed by atoms with Gasteiger partial charge in [-0.2, -0.15) is 0 Å². The maximum absolute atomic E-state index is 13.3. The lowest BCUT2D eigenvalue weighted by Crippen LogP contribution is -2.35. The molecule has 2 aromatic rings. The molecule has 2 N–H and O–H groups in total. The molecule has 25 heavy (non-hydrogen) atoms. The molecule has 1 aliphatic rings. The first-order chi connectivity index (χ1) is 12.1. The van der Waals surface area contributed by atoms with Crippen LogP contribution >= 0.6 is 0 Å². The van der Waals surface area contributed by atoms with Gasteiger partial charge in [0.25, 0.3) is 0 Å². The van der Waals surface area contributed by atoms with Gasteiger partial charge >= 0.3 is 0 Å². The highest BCUT2D eigenvalue weighted by Gasteiger charge is 2.18. The van der Waals surface area contributed by atoms with Crippen LogP contribution < -0.4 is 5.32 Å². The summed E-state index contributed by atoms with van der Waals surface area (Å²) < 4.78 is 13.3. The predicted molar refractivity (Wildman–Crippen MR) is 96.4 cm³/mol. The summed E-state index contributed by atoms with van der Waals surface area (Å²) in [7, 11) is 0. The summed E-state index contributed by atoms with van der Waals surface area (Å²) in [5.41, 5.74) is 3.41. The van der Waals surface area contributed by atoms with Crippen molar-refractivity contribution in [2.45, 2.75) is 45.0 Å². The maximum Gasteiger partial charge on any atom is 0.141 e. The van der Waals surface area contributed by atoms with Crippen LogP contribution in [0.15, 0.2) is 42.7 Å². The Kier molecular flexibility index (Phi) is 6.13. The first-order valence-corrected chi connectivity index (χ1v) is 8.93. The van der Waals surface area contributed by atoms with Gasteiger partial charge in [-0.05, 0) is 42.5 Å². The van der Waals surface area contributed by atoms with E-state index in [2.05, 4.69) is 39.5 Å². The number of aliphatic hydroxyl groups excluding tert-OH is 1. The molecule has 1 atom stereocenters. The second-order valence-electron chi connectivity index (χ2n) is 6.82. The van der Waals surface area contributed by atoms with Crippen LogP contribution in [0, 0.1) is 5.82 Å². The van der Waals surface area contributed by atoms with Gasteiger partial charge in [0, 0.05) is 38.4 Å². The van der Waals surface area contributed by atoms with E-state index in [0.717, 1.165) is 44.6 Å². The van der Waals surface area contributed by atoms with Gasteiger partial charge in [-0.3, -0.25) is 9.88 Å². The predicted octanol–water partition coefficient (Wildman–Crippen LogP) is 3.03. The van der Waals surface area contributed by atoms with E-state index >= 15 is 0 Å². The summed E-state index contributed by atoms with van der Waals surface area (Å²) in [6.45, 7) is 5.53. The molecule has 2 heterocycles. The van der Waals surface area contributed by atoms with E-state index in [-0.39, 0.29) is 18.0 Å². The third kappa shape index (κ3) is 5.08. The molecule has 0 bridgehead atoms. The van der Waals surface area contributed by atoms with E-state index in [9.17, 15) is 9.50 Å². The summed E-state index contributed by atoms with van der Waals surface area (Å²) in [6, 6.07) is 9.97. The van der Waals surface area contributed by atoms with E-state index in [1.807, 2.05) is 6.92 Å². The van der Waals surface area contributed by atoms with E-state index in [0.29, 0.717) is 0 Å².